The normalized spacial score (nSPS) is 12.3. The highest BCUT2D eigenvalue weighted by Gasteiger charge is 2.30. The van der Waals surface area contributed by atoms with Crippen LogP contribution in [0, 0.1) is 13.8 Å². The van der Waals surface area contributed by atoms with Gasteiger partial charge in [0.15, 0.2) is 0 Å². The number of nitrogens with zero attached hydrogens (tertiary/aromatic N) is 1. The van der Waals surface area contributed by atoms with E-state index < -0.39 is 10.0 Å². The maximum atomic E-state index is 12.7. The van der Waals surface area contributed by atoms with Gasteiger partial charge in [-0.15, -0.1) is 11.6 Å². The molecule has 0 N–H and O–H groups in total. The van der Waals surface area contributed by atoms with Crippen LogP contribution in [0.25, 0.3) is 0 Å². The van der Waals surface area contributed by atoms with Crippen molar-refractivity contribution in [1.82, 2.24) is 4.31 Å². The van der Waals surface area contributed by atoms with E-state index in [9.17, 15) is 8.42 Å². The highest BCUT2D eigenvalue weighted by atomic mass is 35.5. The van der Waals surface area contributed by atoms with Crippen molar-refractivity contribution in [3.05, 3.63) is 17.1 Å². The number of unbranched alkanes of at least 4 members (excludes halogenated alkanes) is 1. The molecule has 1 aromatic rings. The highest BCUT2D eigenvalue weighted by Crippen LogP contribution is 2.30. The van der Waals surface area contributed by atoms with Gasteiger partial charge in [0.1, 0.15) is 16.4 Å². The molecule has 0 amide bonds. The molecule has 0 saturated heterocycles. The van der Waals surface area contributed by atoms with Crippen molar-refractivity contribution in [1.29, 1.82) is 0 Å². The fraction of sp³-hybridized carbons (Fsp3) is 0.692. The molecule has 4 nitrogen and oxygen atoms in total. The lowest BCUT2D eigenvalue weighted by molar-refractivity contribution is 0.416. The molecular formula is C13H22ClNO3S. The van der Waals surface area contributed by atoms with Crippen LogP contribution in [0.4, 0.5) is 0 Å². The first-order chi connectivity index (χ1) is 8.89. The molecule has 0 aliphatic rings. The minimum Gasteiger partial charge on any atom is -0.465 e. The first-order valence-electron chi connectivity index (χ1n) is 6.55. The van der Waals surface area contributed by atoms with Crippen LogP contribution in [0.2, 0.25) is 0 Å². The zero-order chi connectivity index (χ0) is 14.6. The molecule has 0 aliphatic heterocycles. The van der Waals surface area contributed by atoms with Gasteiger partial charge in [0, 0.05) is 18.7 Å². The summed E-state index contributed by atoms with van der Waals surface area (Å²) < 4.78 is 32.3. The Morgan fingerprint density at radius 1 is 1.21 bits per heavy atom. The van der Waals surface area contributed by atoms with Crippen LogP contribution in [0.5, 0.6) is 0 Å². The van der Waals surface area contributed by atoms with Crippen molar-refractivity contribution in [2.45, 2.75) is 51.3 Å². The number of furan rings is 1. The number of halogens is 1. The van der Waals surface area contributed by atoms with E-state index in [4.69, 9.17) is 16.0 Å². The van der Waals surface area contributed by atoms with Crippen molar-refractivity contribution in [3.63, 3.8) is 0 Å². The quantitative estimate of drug-likeness (QED) is 0.725. The zero-order valence-corrected chi connectivity index (χ0v) is 13.6. The fourth-order valence-corrected chi connectivity index (χ4v) is 4.41. The van der Waals surface area contributed by atoms with Gasteiger partial charge in [0.25, 0.3) is 0 Å². The Labute approximate surface area is 120 Å². The Bertz CT molecular complexity index is 522. The lowest BCUT2D eigenvalue weighted by Crippen LogP contribution is -2.32. The SMILES string of the molecule is CCCCN(CC)S(=O)(=O)c1c(C)oc(C)c1CCl. The van der Waals surface area contributed by atoms with E-state index in [1.807, 2.05) is 13.8 Å². The highest BCUT2D eigenvalue weighted by molar-refractivity contribution is 7.89. The number of rotatable bonds is 7. The third kappa shape index (κ3) is 3.33. The minimum absolute atomic E-state index is 0.142. The number of sulfonamides is 1. The van der Waals surface area contributed by atoms with Crippen molar-refractivity contribution in [2.24, 2.45) is 0 Å². The summed E-state index contributed by atoms with van der Waals surface area (Å²) in [6.07, 6.45) is 1.80. The third-order valence-corrected chi connectivity index (χ3v) is 5.61. The molecule has 0 fully saturated rings. The molecule has 6 heteroatoms. The van der Waals surface area contributed by atoms with Gasteiger partial charge in [-0.05, 0) is 20.3 Å². The maximum Gasteiger partial charge on any atom is 0.246 e. The molecule has 19 heavy (non-hydrogen) atoms. The Balaban J connectivity index is 3.25. The first-order valence-corrected chi connectivity index (χ1v) is 8.52. The molecule has 0 bridgehead atoms. The summed E-state index contributed by atoms with van der Waals surface area (Å²) in [6, 6.07) is 0. The lowest BCUT2D eigenvalue weighted by atomic mass is 10.3. The predicted octanol–water partition coefficient (Wildman–Crippen LogP) is 3.45. The third-order valence-electron chi connectivity index (χ3n) is 3.17. The van der Waals surface area contributed by atoms with Crippen LogP contribution in [-0.4, -0.2) is 25.8 Å². The van der Waals surface area contributed by atoms with Crippen LogP contribution >= 0.6 is 11.6 Å². The molecule has 0 saturated carbocycles. The number of hydrogen-bond donors (Lipinski definition) is 0. The van der Waals surface area contributed by atoms with Crippen LogP contribution in [0.15, 0.2) is 9.31 Å². The molecule has 0 spiro atoms. The fourth-order valence-electron chi connectivity index (χ4n) is 2.11. The van der Waals surface area contributed by atoms with Crippen molar-refractivity contribution in [2.75, 3.05) is 13.1 Å². The molecule has 1 heterocycles. The zero-order valence-electron chi connectivity index (χ0n) is 12.0. The average Bonchev–Trinajstić information content (AvgIpc) is 2.64. The van der Waals surface area contributed by atoms with E-state index in [0.717, 1.165) is 12.8 Å². The summed E-state index contributed by atoms with van der Waals surface area (Å²) >= 11 is 5.87. The first kappa shape index (κ1) is 16.5. The standard InChI is InChI=1S/C13H22ClNO3S/c1-5-7-8-15(6-2)19(16,17)13-11(4)18-10(3)12(13)9-14/h5-9H2,1-4H3. The molecule has 0 atom stereocenters. The van der Waals surface area contributed by atoms with Gasteiger partial charge in [-0.1, -0.05) is 20.3 Å². The van der Waals surface area contributed by atoms with Gasteiger partial charge in [-0.3, -0.25) is 0 Å². The Hall–Kier alpha value is -0.520. The second-order valence-electron chi connectivity index (χ2n) is 4.51. The maximum absolute atomic E-state index is 12.7. The number of aryl methyl sites for hydroxylation is 2. The summed E-state index contributed by atoms with van der Waals surface area (Å²) in [6.45, 7) is 8.28. The predicted molar refractivity (Wildman–Crippen MR) is 77.1 cm³/mol. The summed E-state index contributed by atoms with van der Waals surface area (Å²) in [7, 11) is -3.52. The summed E-state index contributed by atoms with van der Waals surface area (Å²) in [5.41, 5.74) is 0.578. The second kappa shape index (κ2) is 6.77. The number of hydrogen-bond acceptors (Lipinski definition) is 3. The van der Waals surface area contributed by atoms with E-state index in [1.165, 1.54) is 4.31 Å². The van der Waals surface area contributed by atoms with Crippen molar-refractivity contribution in [3.8, 4) is 0 Å². The van der Waals surface area contributed by atoms with Crippen molar-refractivity contribution < 1.29 is 12.8 Å². The molecule has 0 radical (unpaired) electrons. The van der Waals surface area contributed by atoms with Gasteiger partial charge in [0.05, 0.1) is 5.88 Å². The van der Waals surface area contributed by atoms with Crippen LogP contribution in [0.3, 0.4) is 0 Å². The van der Waals surface area contributed by atoms with Crippen LogP contribution in [0.1, 0.15) is 43.8 Å². The van der Waals surface area contributed by atoms with E-state index in [-0.39, 0.29) is 10.8 Å². The van der Waals surface area contributed by atoms with Gasteiger partial charge in [0.2, 0.25) is 10.0 Å². The summed E-state index contributed by atoms with van der Waals surface area (Å²) in [4.78, 5) is 0.248. The molecule has 1 rings (SSSR count). The Kier molecular flexibility index (Phi) is 5.89. The lowest BCUT2D eigenvalue weighted by Gasteiger charge is -2.20. The smallest absolute Gasteiger partial charge is 0.246 e. The van der Waals surface area contributed by atoms with Gasteiger partial charge >= 0.3 is 0 Å². The monoisotopic (exact) mass is 307 g/mol. The van der Waals surface area contributed by atoms with Gasteiger partial charge in [-0.25, -0.2) is 8.42 Å². The second-order valence-corrected chi connectivity index (χ2v) is 6.65. The molecule has 1 aromatic heterocycles. The molecule has 0 aliphatic carbocycles. The topological polar surface area (TPSA) is 50.5 Å². The average molecular weight is 308 g/mol. The van der Waals surface area contributed by atoms with E-state index >= 15 is 0 Å². The molecule has 110 valence electrons. The molecular weight excluding hydrogens is 286 g/mol. The van der Waals surface area contributed by atoms with Crippen LogP contribution in [-0.2, 0) is 15.9 Å². The Morgan fingerprint density at radius 2 is 1.84 bits per heavy atom. The number of alkyl halides is 1. The Morgan fingerprint density at radius 3 is 2.32 bits per heavy atom. The van der Waals surface area contributed by atoms with Gasteiger partial charge in [-0.2, -0.15) is 4.31 Å². The van der Waals surface area contributed by atoms with Crippen LogP contribution < -0.4 is 0 Å². The molecule has 0 unspecified atom stereocenters. The van der Waals surface area contributed by atoms with E-state index in [1.54, 1.807) is 13.8 Å². The molecule has 0 aromatic carbocycles. The van der Waals surface area contributed by atoms with Crippen molar-refractivity contribution >= 4 is 21.6 Å². The minimum atomic E-state index is -3.52. The van der Waals surface area contributed by atoms with E-state index in [0.29, 0.717) is 30.2 Å². The van der Waals surface area contributed by atoms with Gasteiger partial charge < -0.3 is 4.42 Å². The summed E-state index contributed by atoms with van der Waals surface area (Å²) in [5.74, 6) is 1.14. The largest absolute Gasteiger partial charge is 0.465 e. The van der Waals surface area contributed by atoms with E-state index in [2.05, 4.69) is 0 Å². The summed E-state index contributed by atoms with van der Waals surface area (Å²) in [5, 5.41) is 0.